The molecule has 2 fully saturated rings. The van der Waals surface area contributed by atoms with Crippen molar-refractivity contribution in [3.05, 3.63) is 11.9 Å². The zero-order chi connectivity index (χ0) is 14.9. The highest BCUT2D eigenvalue weighted by molar-refractivity contribution is 5.91. The number of rotatable bonds is 5. The van der Waals surface area contributed by atoms with E-state index in [1.165, 1.54) is 12.8 Å². The van der Waals surface area contributed by atoms with Crippen LogP contribution in [0.15, 0.2) is 6.20 Å². The molecule has 1 aliphatic heterocycles. The van der Waals surface area contributed by atoms with E-state index in [0.29, 0.717) is 23.1 Å². The fraction of sp³-hybridized carbons (Fsp3) is 0.800. The lowest BCUT2D eigenvalue weighted by Gasteiger charge is -2.22. The minimum absolute atomic E-state index is 0. The molecule has 0 bridgehead atoms. The van der Waals surface area contributed by atoms with Gasteiger partial charge in [-0.1, -0.05) is 19.1 Å². The minimum Gasteiger partial charge on any atom is -0.350 e. The van der Waals surface area contributed by atoms with Crippen LogP contribution in [0.3, 0.4) is 0 Å². The number of carbonyl (C=O) groups is 1. The number of hydrogen-bond acceptors (Lipinski definition) is 4. The standard InChI is InChI=1S/C15H25N5O.ClH/c1-11(2)15(5-6-15)10-17-14(21)13-9-20(19-18-13)12-3-7-16-8-4-12;/h9,11-12,16H,3-8,10H2,1-2H3,(H,17,21);1H. The van der Waals surface area contributed by atoms with Crippen LogP contribution in [-0.2, 0) is 0 Å². The highest BCUT2D eigenvalue weighted by atomic mass is 35.5. The van der Waals surface area contributed by atoms with Gasteiger partial charge >= 0.3 is 0 Å². The van der Waals surface area contributed by atoms with E-state index < -0.39 is 0 Å². The van der Waals surface area contributed by atoms with Crippen molar-refractivity contribution in [3.63, 3.8) is 0 Å². The second-order valence-electron chi connectivity index (χ2n) is 6.76. The lowest BCUT2D eigenvalue weighted by Crippen LogP contribution is -2.32. The first-order valence-corrected chi connectivity index (χ1v) is 8.01. The molecule has 1 aromatic heterocycles. The van der Waals surface area contributed by atoms with Crippen molar-refractivity contribution in [2.75, 3.05) is 19.6 Å². The van der Waals surface area contributed by atoms with Gasteiger partial charge in [0.1, 0.15) is 0 Å². The molecule has 0 aromatic carbocycles. The van der Waals surface area contributed by atoms with Crippen molar-refractivity contribution in [1.82, 2.24) is 25.6 Å². The average molecular weight is 328 g/mol. The summed E-state index contributed by atoms with van der Waals surface area (Å²) in [6.07, 6.45) is 6.31. The molecule has 6 nitrogen and oxygen atoms in total. The van der Waals surface area contributed by atoms with Crippen molar-refractivity contribution in [3.8, 4) is 0 Å². The fourth-order valence-electron chi connectivity index (χ4n) is 3.10. The third kappa shape index (κ3) is 3.60. The van der Waals surface area contributed by atoms with Crippen LogP contribution in [0, 0.1) is 11.3 Å². The largest absolute Gasteiger partial charge is 0.350 e. The van der Waals surface area contributed by atoms with Crippen LogP contribution < -0.4 is 10.6 Å². The molecule has 1 saturated carbocycles. The highest BCUT2D eigenvalue weighted by Crippen LogP contribution is 2.51. The monoisotopic (exact) mass is 327 g/mol. The zero-order valence-electron chi connectivity index (χ0n) is 13.3. The molecule has 124 valence electrons. The first kappa shape index (κ1) is 17.2. The van der Waals surface area contributed by atoms with Crippen molar-refractivity contribution in [2.45, 2.75) is 45.6 Å². The molecule has 0 unspecified atom stereocenters. The molecule has 0 atom stereocenters. The Hall–Kier alpha value is -1.14. The van der Waals surface area contributed by atoms with Gasteiger partial charge in [0.05, 0.1) is 12.2 Å². The summed E-state index contributed by atoms with van der Waals surface area (Å²) in [5, 5.41) is 14.5. The van der Waals surface area contributed by atoms with E-state index in [2.05, 4.69) is 34.8 Å². The number of halogens is 1. The molecule has 1 saturated heterocycles. The summed E-state index contributed by atoms with van der Waals surface area (Å²) in [4.78, 5) is 12.2. The first-order valence-electron chi connectivity index (χ1n) is 8.01. The molecule has 0 spiro atoms. The van der Waals surface area contributed by atoms with Gasteiger partial charge in [0.25, 0.3) is 5.91 Å². The Kier molecular flexibility index (Phi) is 5.45. The predicted octanol–water partition coefficient (Wildman–Crippen LogP) is 1.79. The molecule has 1 amide bonds. The molecule has 1 aliphatic carbocycles. The van der Waals surface area contributed by atoms with E-state index >= 15 is 0 Å². The normalized spacial score (nSPS) is 20.5. The van der Waals surface area contributed by atoms with Crippen molar-refractivity contribution in [1.29, 1.82) is 0 Å². The van der Waals surface area contributed by atoms with Crippen LogP contribution in [0.1, 0.15) is 56.1 Å². The van der Waals surface area contributed by atoms with Crippen LogP contribution >= 0.6 is 12.4 Å². The van der Waals surface area contributed by atoms with Gasteiger partial charge in [-0.3, -0.25) is 4.79 Å². The molecule has 3 rings (SSSR count). The van der Waals surface area contributed by atoms with E-state index in [9.17, 15) is 4.79 Å². The Morgan fingerprint density at radius 2 is 2.14 bits per heavy atom. The number of piperidine rings is 1. The quantitative estimate of drug-likeness (QED) is 0.865. The molecule has 2 N–H and O–H groups in total. The number of amides is 1. The first-order chi connectivity index (χ1) is 10.1. The maximum Gasteiger partial charge on any atom is 0.273 e. The number of aromatic nitrogens is 3. The summed E-state index contributed by atoms with van der Waals surface area (Å²) in [7, 11) is 0. The number of nitrogens with one attached hydrogen (secondary N) is 2. The molecule has 0 radical (unpaired) electrons. The molecule has 2 aliphatic rings. The van der Waals surface area contributed by atoms with E-state index in [-0.39, 0.29) is 18.3 Å². The Bertz CT molecular complexity index is 506. The van der Waals surface area contributed by atoms with Gasteiger partial charge in [0, 0.05) is 6.54 Å². The number of nitrogens with zero attached hydrogens (tertiary/aromatic N) is 3. The maximum absolute atomic E-state index is 12.2. The molecular formula is C15H26ClN5O. The van der Waals surface area contributed by atoms with Gasteiger partial charge in [-0.15, -0.1) is 17.5 Å². The van der Waals surface area contributed by atoms with Crippen LogP contribution in [-0.4, -0.2) is 40.5 Å². The molecule has 22 heavy (non-hydrogen) atoms. The van der Waals surface area contributed by atoms with Gasteiger partial charge in [-0.25, -0.2) is 4.68 Å². The Labute approximate surface area is 137 Å². The molecular weight excluding hydrogens is 302 g/mol. The van der Waals surface area contributed by atoms with E-state index in [1.807, 2.05) is 4.68 Å². The van der Waals surface area contributed by atoms with Crippen molar-refractivity contribution >= 4 is 18.3 Å². The average Bonchev–Trinajstić information content (AvgIpc) is 3.14. The second-order valence-corrected chi connectivity index (χ2v) is 6.76. The Morgan fingerprint density at radius 3 is 2.73 bits per heavy atom. The third-order valence-electron chi connectivity index (χ3n) is 5.14. The summed E-state index contributed by atoms with van der Waals surface area (Å²) in [5.74, 6) is 0.519. The summed E-state index contributed by atoms with van der Waals surface area (Å²) in [5.41, 5.74) is 0.758. The predicted molar refractivity (Wildman–Crippen MR) is 87.2 cm³/mol. The third-order valence-corrected chi connectivity index (χ3v) is 5.14. The summed E-state index contributed by atoms with van der Waals surface area (Å²) in [6, 6.07) is 0.366. The molecule has 1 aromatic rings. The highest BCUT2D eigenvalue weighted by Gasteiger charge is 2.45. The summed E-state index contributed by atoms with van der Waals surface area (Å²) >= 11 is 0. The van der Waals surface area contributed by atoms with Crippen molar-refractivity contribution < 1.29 is 4.79 Å². The fourth-order valence-corrected chi connectivity index (χ4v) is 3.10. The Balaban J connectivity index is 0.00000176. The van der Waals surface area contributed by atoms with Gasteiger partial charge in [-0.05, 0) is 50.1 Å². The van der Waals surface area contributed by atoms with Gasteiger partial charge < -0.3 is 10.6 Å². The lowest BCUT2D eigenvalue weighted by atomic mass is 9.92. The Morgan fingerprint density at radius 1 is 1.45 bits per heavy atom. The van der Waals surface area contributed by atoms with E-state index in [1.54, 1.807) is 6.20 Å². The van der Waals surface area contributed by atoms with Crippen molar-refractivity contribution in [2.24, 2.45) is 11.3 Å². The van der Waals surface area contributed by atoms with E-state index in [0.717, 1.165) is 32.5 Å². The number of hydrogen-bond donors (Lipinski definition) is 2. The number of carbonyl (C=O) groups excluding carboxylic acids is 1. The lowest BCUT2D eigenvalue weighted by molar-refractivity contribution is 0.0934. The van der Waals surface area contributed by atoms with Crippen LogP contribution in [0.5, 0.6) is 0 Å². The molecule has 7 heteroatoms. The summed E-state index contributed by atoms with van der Waals surface area (Å²) < 4.78 is 1.85. The van der Waals surface area contributed by atoms with Gasteiger partial charge in [0.15, 0.2) is 5.69 Å². The van der Waals surface area contributed by atoms with Gasteiger partial charge in [-0.2, -0.15) is 0 Å². The molecule has 2 heterocycles. The maximum atomic E-state index is 12.2. The second kappa shape index (κ2) is 6.96. The minimum atomic E-state index is -0.0953. The van der Waals surface area contributed by atoms with Crippen LogP contribution in [0.2, 0.25) is 0 Å². The smallest absolute Gasteiger partial charge is 0.273 e. The van der Waals surface area contributed by atoms with Crippen LogP contribution in [0.4, 0.5) is 0 Å². The van der Waals surface area contributed by atoms with E-state index in [4.69, 9.17) is 0 Å². The zero-order valence-corrected chi connectivity index (χ0v) is 14.2. The summed E-state index contributed by atoms with van der Waals surface area (Å²) in [6.45, 7) is 7.22. The SMILES string of the molecule is CC(C)C1(CNC(=O)c2cn(C3CCNCC3)nn2)CC1.Cl. The topological polar surface area (TPSA) is 71.8 Å². The van der Waals surface area contributed by atoms with Crippen LogP contribution in [0.25, 0.3) is 0 Å². The van der Waals surface area contributed by atoms with Gasteiger partial charge in [0.2, 0.25) is 0 Å².